The summed E-state index contributed by atoms with van der Waals surface area (Å²) >= 11 is 0. The molecule has 1 aliphatic rings. The summed E-state index contributed by atoms with van der Waals surface area (Å²) < 4.78 is 5.07. The first-order valence-corrected chi connectivity index (χ1v) is 5.16. The Morgan fingerprint density at radius 1 is 1.41 bits per heavy atom. The molecule has 0 saturated heterocycles. The van der Waals surface area contributed by atoms with E-state index >= 15 is 0 Å². The van der Waals surface area contributed by atoms with Crippen LogP contribution in [0.3, 0.4) is 0 Å². The Kier molecular flexibility index (Phi) is 2.84. The number of hydrogen-bond acceptors (Lipinski definition) is 3. The number of methoxy groups -OCH3 is 1. The van der Waals surface area contributed by atoms with Gasteiger partial charge in [0, 0.05) is 19.0 Å². The number of nitrogens with zero attached hydrogens (tertiary/aromatic N) is 1. The van der Waals surface area contributed by atoms with Gasteiger partial charge in [-0.05, 0) is 12.1 Å². The van der Waals surface area contributed by atoms with E-state index in [1.54, 1.807) is 18.2 Å². The summed E-state index contributed by atoms with van der Waals surface area (Å²) in [4.78, 5) is 24.8. The zero-order chi connectivity index (χ0) is 12.4. The van der Waals surface area contributed by atoms with Crippen LogP contribution < -0.4 is 9.64 Å². The fourth-order valence-corrected chi connectivity index (χ4v) is 1.80. The van der Waals surface area contributed by atoms with Gasteiger partial charge in [-0.1, -0.05) is 0 Å². The molecule has 1 aromatic carbocycles. The molecule has 0 unspecified atom stereocenters. The topological polar surface area (TPSA) is 46.6 Å². The highest BCUT2D eigenvalue weighted by atomic mass is 16.5. The molecule has 1 amide bonds. The van der Waals surface area contributed by atoms with E-state index in [1.165, 1.54) is 12.0 Å². The Morgan fingerprint density at radius 3 is 2.82 bits per heavy atom. The molecule has 0 bridgehead atoms. The summed E-state index contributed by atoms with van der Waals surface area (Å²) in [6, 6.07) is 4.94. The monoisotopic (exact) mass is 229 g/mol. The van der Waals surface area contributed by atoms with Crippen LogP contribution >= 0.6 is 0 Å². The van der Waals surface area contributed by atoms with E-state index in [-0.39, 0.29) is 0 Å². The van der Waals surface area contributed by atoms with Crippen molar-refractivity contribution >= 4 is 17.4 Å². The van der Waals surface area contributed by atoms with Gasteiger partial charge >= 0.3 is 0 Å². The van der Waals surface area contributed by atoms with Crippen LogP contribution in [0.1, 0.15) is 16.8 Å². The molecule has 1 aromatic rings. The average molecular weight is 229 g/mol. The van der Waals surface area contributed by atoms with E-state index in [0.717, 1.165) is 0 Å². The van der Waals surface area contributed by atoms with Gasteiger partial charge in [-0.3, -0.25) is 9.59 Å². The number of amides is 1. The van der Waals surface area contributed by atoms with Crippen molar-refractivity contribution in [1.29, 1.82) is 0 Å². The lowest BCUT2D eigenvalue weighted by Gasteiger charge is -2.15. The third-order valence-electron chi connectivity index (χ3n) is 2.66. The second-order valence-electron chi connectivity index (χ2n) is 3.62. The molecule has 1 heterocycles. The average Bonchev–Trinajstić information content (AvgIpc) is 2.59. The molecule has 1 aliphatic heterocycles. The van der Waals surface area contributed by atoms with Crippen LogP contribution in [0.4, 0.5) is 5.69 Å². The van der Waals surface area contributed by atoms with E-state index in [1.807, 2.05) is 0 Å². The number of fused-ring (bicyclic) bond motifs is 1. The van der Waals surface area contributed by atoms with Crippen LogP contribution in [0, 0.1) is 12.3 Å². The minimum absolute atomic E-state index is 0.348. The lowest BCUT2D eigenvalue weighted by atomic mass is 10.1. The largest absolute Gasteiger partial charge is 0.497 e. The van der Waals surface area contributed by atoms with Gasteiger partial charge in [0.15, 0.2) is 0 Å². The third kappa shape index (κ3) is 1.76. The summed E-state index contributed by atoms with van der Waals surface area (Å²) in [5, 5.41) is 0. The van der Waals surface area contributed by atoms with Gasteiger partial charge in [-0.15, -0.1) is 12.3 Å². The van der Waals surface area contributed by atoms with Crippen molar-refractivity contribution in [1.82, 2.24) is 0 Å². The zero-order valence-electron chi connectivity index (χ0n) is 9.40. The Hall–Kier alpha value is -2.28. The number of carbonyl (C=O) groups is 2. The first kappa shape index (κ1) is 11.2. The van der Waals surface area contributed by atoms with Gasteiger partial charge < -0.3 is 9.64 Å². The summed E-state index contributed by atoms with van der Waals surface area (Å²) in [6.07, 6.45) is 5.58. The highest BCUT2D eigenvalue weighted by Gasteiger charge is 2.35. The molecule has 0 aliphatic carbocycles. The number of ketones is 1. The van der Waals surface area contributed by atoms with Gasteiger partial charge in [0.1, 0.15) is 5.75 Å². The molecule has 0 N–H and O–H groups in total. The highest BCUT2D eigenvalue weighted by Crippen LogP contribution is 2.32. The highest BCUT2D eigenvalue weighted by molar-refractivity contribution is 6.52. The zero-order valence-corrected chi connectivity index (χ0v) is 9.40. The molecule has 0 aromatic heterocycles. The van der Waals surface area contributed by atoms with Crippen molar-refractivity contribution < 1.29 is 14.3 Å². The standard InChI is InChI=1S/C13H11NO3/c1-3-4-7-14-11-8-9(17-2)5-6-10(11)12(15)13(14)16/h1,5-6,8H,4,7H2,2H3. The van der Waals surface area contributed by atoms with Crippen LogP contribution in [0.2, 0.25) is 0 Å². The third-order valence-corrected chi connectivity index (χ3v) is 2.66. The van der Waals surface area contributed by atoms with Crippen LogP contribution in [-0.4, -0.2) is 25.3 Å². The van der Waals surface area contributed by atoms with Crippen LogP contribution in [-0.2, 0) is 4.79 Å². The van der Waals surface area contributed by atoms with Crippen molar-refractivity contribution in [3.8, 4) is 18.1 Å². The number of terminal acetylenes is 1. The van der Waals surface area contributed by atoms with Gasteiger partial charge in [0.2, 0.25) is 0 Å². The molecule has 0 fully saturated rings. The fraction of sp³-hybridized carbons (Fsp3) is 0.231. The molecule has 4 nitrogen and oxygen atoms in total. The molecule has 86 valence electrons. The molecule has 17 heavy (non-hydrogen) atoms. The van der Waals surface area contributed by atoms with Crippen molar-refractivity contribution in [3.63, 3.8) is 0 Å². The van der Waals surface area contributed by atoms with E-state index in [9.17, 15) is 9.59 Å². The maximum atomic E-state index is 11.7. The fourth-order valence-electron chi connectivity index (χ4n) is 1.80. The first-order chi connectivity index (χ1) is 8.19. The van der Waals surface area contributed by atoms with Crippen molar-refractivity contribution in [2.24, 2.45) is 0 Å². The Bertz CT molecular complexity index is 528. The number of anilines is 1. The van der Waals surface area contributed by atoms with Crippen molar-refractivity contribution in [2.45, 2.75) is 6.42 Å². The molecule has 2 rings (SSSR count). The van der Waals surface area contributed by atoms with Crippen LogP contribution in [0.15, 0.2) is 18.2 Å². The minimum Gasteiger partial charge on any atom is -0.497 e. The number of rotatable bonds is 3. The molecule has 0 radical (unpaired) electrons. The summed E-state index contributed by atoms with van der Waals surface area (Å²) in [6.45, 7) is 0.348. The molecule has 4 heteroatoms. The number of Topliss-reactive ketones (excluding diaryl/α,β-unsaturated/α-hetero) is 1. The van der Waals surface area contributed by atoms with Gasteiger partial charge in [0.05, 0.1) is 18.4 Å². The number of carbonyl (C=O) groups excluding carboxylic acids is 2. The Labute approximate surface area is 99.2 Å². The van der Waals surface area contributed by atoms with E-state index < -0.39 is 11.7 Å². The second-order valence-corrected chi connectivity index (χ2v) is 3.62. The maximum Gasteiger partial charge on any atom is 0.299 e. The van der Waals surface area contributed by atoms with Crippen molar-refractivity contribution in [3.05, 3.63) is 23.8 Å². The predicted molar refractivity (Wildman–Crippen MR) is 63.1 cm³/mol. The maximum absolute atomic E-state index is 11.7. The molecule has 0 saturated carbocycles. The van der Waals surface area contributed by atoms with E-state index in [2.05, 4.69) is 5.92 Å². The summed E-state index contributed by atoms with van der Waals surface area (Å²) in [7, 11) is 1.53. The second kappa shape index (κ2) is 4.30. The van der Waals surface area contributed by atoms with Gasteiger partial charge in [-0.25, -0.2) is 0 Å². The van der Waals surface area contributed by atoms with Gasteiger partial charge in [0.25, 0.3) is 11.7 Å². The van der Waals surface area contributed by atoms with Crippen LogP contribution in [0.5, 0.6) is 5.75 Å². The van der Waals surface area contributed by atoms with E-state index in [4.69, 9.17) is 11.2 Å². The quantitative estimate of drug-likeness (QED) is 0.579. The normalized spacial score (nSPS) is 13.5. The van der Waals surface area contributed by atoms with E-state index in [0.29, 0.717) is 30.0 Å². The van der Waals surface area contributed by atoms with Crippen molar-refractivity contribution in [2.75, 3.05) is 18.6 Å². The molecule has 0 atom stereocenters. The molecular formula is C13H11NO3. The lowest BCUT2D eigenvalue weighted by molar-refractivity contribution is -0.114. The number of ether oxygens (including phenoxy) is 1. The van der Waals surface area contributed by atoms with Crippen LogP contribution in [0.25, 0.3) is 0 Å². The predicted octanol–water partition coefficient (Wildman–Crippen LogP) is 1.25. The summed E-state index contributed by atoms with van der Waals surface area (Å²) in [5.74, 6) is 2.05. The Balaban J connectivity index is 2.42. The minimum atomic E-state index is -0.525. The van der Waals surface area contributed by atoms with Gasteiger partial charge in [-0.2, -0.15) is 0 Å². The number of hydrogen-bond donors (Lipinski definition) is 0. The molecular weight excluding hydrogens is 218 g/mol. The smallest absolute Gasteiger partial charge is 0.299 e. The number of benzene rings is 1. The lowest BCUT2D eigenvalue weighted by Crippen LogP contribution is -2.30. The first-order valence-electron chi connectivity index (χ1n) is 5.16. The Morgan fingerprint density at radius 2 is 2.18 bits per heavy atom. The molecule has 0 spiro atoms. The summed E-state index contributed by atoms with van der Waals surface area (Å²) in [5.41, 5.74) is 0.988. The SMILES string of the molecule is C#CCCN1C(=O)C(=O)c2ccc(OC)cc21.